The van der Waals surface area contributed by atoms with E-state index in [0.29, 0.717) is 18.5 Å². The van der Waals surface area contributed by atoms with Crippen molar-refractivity contribution in [3.05, 3.63) is 18.6 Å². The van der Waals surface area contributed by atoms with Gasteiger partial charge in [0, 0.05) is 38.6 Å². The number of imidazole rings is 1. The first-order valence-corrected chi connectivity index (χ1v) is 9.91. The number of hydrogen-bond donors (Lipinski definition) is 0. The molecular formula is C19H25N7O. The highest BCUT2D eigenvalue weighted by molar-refractivity contribution is 6.01. The summed E-state index contributed by atoms with van der Waals surface area (Å²) in [7, 11) is 1.81. The van der Waals surface area contributed by atoms with Gasteiger partial charge in [-0.3, -0.25) is 9.36 Å². The van der Waals surface area contributed by atoms with Crippen molar-refractivity contribution in [2.45, 2.75) is 44.6 Å². The molecule has 0 N–H and O–H groups in total. The van der Waals surface area contributed by atoms with Crippen LogP contribution >= 0.6 is 0 Å². The molecule has 0 atom stereocenters. The quantitative estimate of drug-likeness (QED) is 0.826. The summed E-state index contributed by atoms with van der Waals surface area (Å²) in [6.07, 6.45) is 12.6. The summed E-state index contributed by atoms with van der Waals surface area (Å²) in [5.74, 6) is 2.50. The number of hydrogen-bond acceptors (Lipinski definition) is 6. The third kappa shape index (κ3) is 2.74. The smallest absolute Gasteiger partial charge is 0.246 e. The van der Waals surface area contributed by atoms with Crippen LogP contribution in [0, 0.1) is 0 Å². The van der Waals surface area contributed by atoms with Crippen LogP contribution in [0.15, 0.2) is 18.6 Å². The SMILES string of the molecule is CN1C(=O)CN(C2CCCC2)c2nc(-n3ccnc3N3CCCC3)ncc21. The first-order valence-electron chi connectivity index (χ1n) is 9.91. The first kappa shape index (κ1) is 16.5. The Bertz CT molecular complexity index is 851. The molecular weight excluding hydrogens is 342 g/mol. The summed E-state index contributed by atoms with van der Waals surface area (Å²) in [6.45, 7) is 2.44. The molecule has 4 heterocycles. The van der Waals surface area contributed by atoms with Crippen LogP contribution in [0.5, 0.6) is 0 Å². The Morgan fingerprint density at radius 3 is 2.63 bits per heavy atom. The van der Waals surface area contributed by atoms with Crippen LogP contribution in [0.2, 0.25) is 0 Å². The molecule has 1 aliphatic carbocycles. The van der Waals surface area contributed by atoms with Crippen molar-refractivity contribution >= 4 is 23.4 Å². The third-order valence-corrected chi connectivity index (χ3v) is 6.04. The normalized spacial score (nSPS) is 20.6. The van der Waals surface area contributed by atoms with Crippen molar-refractivity contribution in [1.29, 1.82) is 0 Å². The maximum atomic E-state index is 12.5. The number of carbonyl (C=O) groups excluding carboxylic acids is 1. The second kappa shape index (κ2) is 6.51. The molecule has 27 heavy (non-hydrogen) atoms. The minimum atomic E-state index is 0.103. The van der Waals surface area contributed by atoms with Crippen molar-refractivity contribution < 1.29 is 4.79 Å². The molecule has 0 aromatic carbocycles. The summed E-state index contributed by atoms with van der Waals surface area (Å²) in [5.41, 5.74) is 0.796. The Labute approximate surface area is 158 Å². The molecule has 0 radical (unpaired) electrons. The van der Waals surface area contributed by atoms with Gasteiger partial charge in [0.2, 0.25) is 17.8 Å². The predicted octanol–water partition coefficient (Wildman–Crippen LogP) is 1.99. The van der Waals surface area contributed by atoms with E-state index in [2.05, 4.69) is 19.8 Å². The van der Waals surface area contributed by atoms with Gasteiger partial charge >= 0.3 is 0 Å². The van der Waals surface area contributed by atoms with Crippen molar-refractivity contribution in [3.63, 3.8) is 0 Å². The van der Waals surface area contributed by atoms with E-state index in [1.165, 1.54) is 25.7 Å². The van der Waals surface area contributed by atoms with E-state index in [9.17, 15) is 4.79 Å². The monoisotopic (exact) mass is 367 g/mol. The summed E-state index contributed by atoms with van der Waals surface area (Å²) < 4.78 is 1.97. The molecule has 5 rings (SSSR count). The lowest BCUT2D eigenvalue weighted by atomic mass is 10.1. The maximum Gasteiger partial charge on any atom is 0.246 e. The molecule has 142 valence electrons. The standard InChI is InChI=1S/C19H25N7O/c1-23-15-12-21-18(25-11-8-20-19(25)24-9-4-5-10-24)22-17(15)26(13-16(23)27)14-6-2-3-7-14/h8,11-12,14H,2-7,9-10,13H2,1H3. The summed E-state index contributed by atoms with van der Waals surface area (Å²) in [6, 6.07) is 0.394. The van der Waals surface area contributed by atoms with Crippen LogP contribution in [-0.4, -0.2) is 58.1 Å². The number of rotatable bonds is 3. The second-order valence-electron chi connectivity index (χ2n) is 7.69. The molecule has 3 aliphatic rings. The topological polar surface area (TPSA) is 70.4 Å². The van der Waals surface area contributed by atoms with Gasteiger partial charge in [-0.2, -0.15) is 4.98 Å². The molecule has 0 unspecified atom stereocenters. The Balaban J connectivity index is 1.56. The Morgan fingerprint density at radius 2 is 1.85 bits per heavy atom. The zero-order chi connectivity index (χ0) is 18.4. The fraction of sp³-hybridized carbons (Fsp3) is 0.579. The van der Waals surface area contributed by atoms with E-state index >= 15 is 0 Å². The van der Waals surface area contributed by atoms with Gasteiger partial charge in [-0.1, -0.05) is 12.8 Å². The number of amides is 1. The number of likely N-dealkylation sites (N-methyl/N-ethyl adjacent to an activating group) is 1. The van der Waals surface area contributed by atoms with E-state index in [1.807, 2.05) is 17.8 Å². The van der Waals surface area contributed by atoms with Crippen molar-refractivity contribution in [2.75, 3.05) is 41.4 Å². The number of carbonyl (C=O) groups is 1. The van der Waals surface area contributed by atoms with E-state index in [1.54, 1.807) is 17.3 Å². The minimum Gasteiger partial charge on any atom is -0.342 e. The van der Waals surface area contributed by atoms with Crippen molar-refractivity contribution in [1.82, 2.24) is 19.5 Å². The van der Waals surface area contributed by atoms with Crippen molar-refractivity contribution in [2.24, 2.45) is 0 Å². The Hall–Kier alpha value is -2.64. The molecule has 1 saturated carbocycles. The predicted molar refractivity (Wildman–Crippen MR) is 104 cm³/mol. The summed E-state index contributed by atoms with van der Waals surface area (Å²) >= 11 is 0. The first-order chi connectivity index (χ1) is 13.2. The highest BCUT2D eigenvalue weighted by atomic mass is 16.2. The number of fused-ring (bicyclic) bond motifs is 1. The molecule has 2 aromatic heterocycles. The van der Waals surface area contributed by atoms with E-state index in [-0.39, 0.29) is 5.91 Å². The van der Waals surface area contributed by atoms with E-state index in [0.717, 1.165) is 43.4 Å². The zero-order valence-electron chi connectivity index (χ0n) is 15.7. The van der Waals surface area contributed by atoms with Gasteiger partial charge in [0.1, 0.15) is 5.69 Å². The van der Waals surface area contributed by atoms with E-state index in [4.69, 9.17) is 4.98 Å². The van der Waals surface area contributed by atoms with Crippen LogP contribution in [0.25, 0.3) is 5.95 Å². The molecule has 8 heteroatoms. The van der Waals surface area contributed by atoms with Crippen LogP contribution in [-0.2, 0) is 4.79 Å². The van der Waals surface area contributed by atoms with Gasteiger partial charge in [-0.05, 0) is 25.7 Å². The van der Waals surface area contributed by atoms with Crippen molar-refractivity contribution in [3.8, 4) is 5.95 Å². The lowest BCUT2D eigenvalue weighted by molar-refractivity contribution is -0.117. The third-order valence-electron chi connectivity index (χ3n) is 6.04. The molecule has 8 nitrogen and oxygen atoms in total. The largest absolute Gasteiger partial charge is 0.342 e. The van der Waals surface area contributed by atoms with Crippen LogP contribution < -0.4 is 14.7 Å². The fourth-order valence-electron chi connectivity index (χ4n) is 4.50. The van der Waals surface area contributed by atoms with Crippen LogP contribution in [0.3, 0.4) is 0 Å². The van der Waals surface area contributed by atoms with Crippen LogP contribution in [0.4, 0.5) is 17.5 Å². The highest BCUT2D eigenvalue weighted by Crippen LogP contribution is 2.36. The van der Waals surface area contributed by atoms with Gasteiger partial charge in [0.05, 0.1) is 12.7 Å². The van der Waals surface area contributed by atoms with Gasteiger partial charge in [0.25, 0.3) is 0 Å². The average molecular weight is 367 g/mol. The minimum absolute atomic E-state index is 0.103. The summed E-state index contributed by atoms with van der Waals surface area (Å²) in [4.78, 5) is 32.7. The van der Waals surface area contributed by atoms with E-state index < -0.39 is 0 Å². The van der Waals surface area contributed by atoms with Gasteiger partial charge in [0.15, 0.2) is 5.82 Å². The number of nitrogens with zero attached hydrogens (tertiary/aromatic N) is 7. The van der Waals surface area contributed by atoms with Gasteiger partial charge in [-0.15, -0.1) is 0 Å². The average Bonchev–Trinajstić information content (AvgIpc) is 3.45. The number of aromatic nitrogens is 4. The Morgan fingerprint density at radius 1 is 1.07 bits per heavy atom. The maximum absolute atomic E-state index is 12.5. The molecule has 2 aromatic rings. The molecule has 2 fully saturated rings. The molecule has 0 bridgehead atoms. The fourth-order valence-corrected chi connectivity index (χ4v) is 4.50. The molecule has 0 spiro atoms. The van der Waals surface area contributed by atoms with Gasteiger partial charge < -0.3 is 14.7 Å². The summed E-state index contributed by atoms with van der Waals surface area (Å²) in [5, 5.41) is 0. The Kier molecular flexibility index (Phi) is 3.98. The lowest BCUT2D eigenvalue weighted by Crippen LogP contribution is -2.48. The number of anilines is 3. The van der Waals surface area contributed by atoms with Gasteiger partial charge in [-0.25, -0.2) is 9.97 Å². The molecule has 1 saturated heterocycles. The lowest BCUT2D eigenvalue weighted by Gasteiger charge is -2.37. The van der Waals surface area contributed by atoms with Crippen LogP contribution in [0.1, 0.15) is 38.5 Å². The molecule has 2 aliphatic heterocycles. The highest BCUT2D eigenvalue weighted by Gasteiger charge is 2.34. The molecule has 1 amide bonds. The second-order valence-corrected chi connectivity index (χ2v) is 7.69. The zero-order valence-corrected chi connectivity index (χ0v) is 15.7.